The van der Waals surface area contributed by atoms with E-state index in [2.05, 4.69) is 41.7 Å². The summed E-state index contributed by atoms with van der Waals surface area (Å²) in [7, 11) is 0. The third kappa shape index (κ3) is 3.16. The molecule has 6 fully saturated rings. The van der Waals surface area contributed by atoms with Crippen molar-refractivity contribution in [1.29, 1.82) is 0 Å². The minimum absolute atomic E-state index is 0.165. The summed E-state index contributed by atoms with van der Waals surface area (Å²) in [6, 6.07) is 11.8. The van der Waals surface area contributed by atoms with Gasteiger partial charge in [-0.1, -0.05) is 42.0 Å². The molecule has 3 N–H and O–H groups in total. The normalized spacial score (nSPS) is 42.2. The second-order valence-corrected chi connectivity index (χ2v) is 11.4. The van der Waals surface area contributed by atoms with Crippen molar-refractivity contribution in [2.24, 2.45) is 28.9 Å². The van der Waals surface area contributed by atoms with Gasteiger partial charge in [0.25, 0.3) is 0 Å². The Balaban J connectivity index is 1.31. The first-order valence-corrected chi connectivity index (χ1v) is 12.4. The van der Waals surface area contributed by atoms with Gasteiger partial charge in [-0.05, 0) is 99.4 Å². The second-order valence-electron chi connectivity index (χ2n) is 11.4. The van der Waals surface area contributed by atoms with Crippen LogP contribution in [0, 0.1) is 23.2 Å². The summed E-state index contributed by atoms with van der Waals surface area (Å²) in [6.07, 6.45) is 15.3. The molecule has 160 valence electrons. The van der Waals surface area contributed by atoms with Gasteiger partial charge in [0.1, 0.15) is 0 Å². The standard InChI is InChI=1S/C27H36N2O/c28-22-8-10-23(11-9-22)29-25(30)27-15-19-13-26(17-27,21-4-2-1-3-5-21)14-20(16-27)24(19)12-18-6-7-18/h1-5,12,18-20,22-23H,6-11,13-17,28H2,(H,29,30)/t19?,20?,22-,23-,26?,27?. The van der Waals surface area contributed by atoms with E-state index in [-0.39, 0.29) is 10.8 Å². The molecule has 1 aromatic carbocycles. The Morgan fingerprint density at radius 3 is 2.23 bits per heavy atom. The molecule has 6 saturated carbocycles. The number of hydrogen-bond donors (Lipinski definition) is 2. The fourth-order valence-electron chi connectivity index (χ4n) is 7.74. The third-order valence-corrected chi connectivity index (χ3v) is 9.19. The molecule has 7 rings (SSSR count). The van der Waals surface area contributed by atoms with Crippen molar-refractivity contribution >= 4 is 5.91 Å². The first-order valence-electron chi connectivity index (χ1n) is 12.4. The molecule has 0 saturated heterocycles. The lowest BCUT2D eigenvalue weighted by Gasteiger charge is -2.62. The fourth-order valence-corrected chi connectivity index (χ4v) is 7.74. The number of amides is 1. The van der Waals surface area contributed by atoms with Crippen molar-refractivity contribution in [2.45, 2.75) is 88.1 Å². The topological polar surface area (TPSA) is 55.1 Å². The number of nitrogens with two attached hydrogens (primary N) is 1. The zero-order valence-electron chi connectivity index (χ0n) is 18.1. The monoisotopic (exact) mass is 404 g/mol. The highest BCUT2D eigenvalue weighted by atomic mass is 16.2. The van der Waals surface area contributed by atoms with Crippen LogP contribution in [0.15, 0.2) is 42.0 Å². The van der Waals surface area contributed by atoms with Crippen molar-refractivity contribution in [2.75, 3.05) is 0 Å². The van der Waals surface area contributed by atoms with Crippen LogP contribution in [0.5, 0.6) is 0 Å². The maximum Gasteiger partial charge on any atom is 0.226 e. The molecular formula is C27H36N2O. The number of hydrogen-bond acceptors (Lipinski definition) is 2. The number of nitrogens with one attached hydrogen (secondary N) is 1. The fraction of sp³-hybridized carbons (Fsp3) is 0.667. The quantitative estimate of drug-likeness (QED) is 0.704. The lowest BCUT2D eigenvalue weighted by molar-refractivity contribution is -0.145. The van der Waals surface area contributed by atoms with Gasteiger partial charge in [-0.3, -0.25) is 4.79 Å². The van der Waals surface area contributed by atoms with Crippen LogP contribution in [0.1, 0.15) is 76.2 Å². The number of carbonyl (C=O) groups excluding carboxylic acids is 1. The Kier molecular flexibility index (Phi) is 4.43. The minimum atomic E-state index is -0.165. The highest BCUT2D eigenvalue weighted by molar-refractivity contribution is 5.84. The van der Waals surface area contributed by atoms with Gasteiger partial charge < -0.3 is 11.1 Å². The van der Waals surface area contributed by atoms with Crippen molar-refractivity contribution in [3.8, 4) is 0 Å². The molecule has 0 spiro atoms. The Labute approximate surface area is 180 Å². The summed E-state index contributed by atoms with van der Waals surface area (Å²) in [5.74, 6) is 2.42. The maximum absolute atomic E-state index is 13.8. The summed E-state index contributed by atoms with van der Waals surface area (Å²) in [6.45, 7) is 0. The largest absolute Gasteiger partial charge is 0.353 e. The smallest absolute Gasteiger partial charge is 0.226 e. The van der Waals surface area contributed by atoms with Gasteiger partial charge in [0.2, 0.25) is 5.91 Å². The summed E-state index contributed by atoms with van der Waals surface area (Å²) in [4.78, 5) is 13.8. The van der Waals surface area contributed by atoms with Crippen LogP contribution in [-0.4, -0.2) is 18.0 Å². The molecule has 6 aliphatic carbocycles. The van der Waals surface area contributed by atoms with E-state index in [0.29, 0.717) is 29.8 Å². The molecule has 30 heavy (non-hydrogen) atoms. The number of rotatable bonds is 4. The molecule has 6 aliphatic rings. The van der Waals surface area contributed by atoms with Gasteiger partial charge >= 0.3 is 0 Å². The van der Waals surface area contributed by atoms with Crippen molar-refractivity contribution in [3.05, 3.63) is 47.5 Å². The molecule has 0 aliphatic heterocycles. The van der Waals surface area contributed by atoms with Crippen molar-refractivity contribution < 1.29 is 4.79 Å². The molecule has 2 unspecified atom stereocenters. The van der Waals surface area contributed by atoms with Crippen molar-refractivity contribution in [3.63, 3.8) is 0 Å². The average molecular weight is 405 g/mol. The Bertz CT molecular complexity index is 829. The van der Waals surface area contributed by atoms with E-state index < -0.39 is 0 Å². The highest BCUT2D eigenvalue weighted by Gasteiger charge is 2.62. The molecular weight excluding hydrogens is 368 g/mol. The van der Waals surface area contributed by atoms with Crippen LogP contribution in [0.25, 0.3) is 0 Å². The van der Waals surface area contributed by atoms with Gasteiger partial charge in [0.15, 0.2) is 0 Å². The van der Waals surface area contributed by atoms with Crippen LogP contribution in [0.2, 0.25) is 0 Å². The summed E-state index contributed by atoms with van der Waals surface area (Å²) in [5, 5.41) is 3.52. The van der Waals surface area contributed by atoms with E-state index in [1.807, 2.05) is 0 Å². The van der Waals surface area contributed by atoms with Crippen molar-refractivity contribution in [1.82, 2.24) is 5.32 Å². The van der Waals surface area contributed by atoms with Gasteiger partial charge in [-0.25, -0.2) is 0 Å². The second kappa shape index (κ2) is 6.95. The lowest BCUT2D eigenvalue weighted by Crippen LogP contribution is -2.61. The molecule has 4 bridgehead atoms. The van der Waals surface area contributed by atoms with E-state index in [1.54, 1.807) is 5.57 Å². The maximum atomic E-state index is 13.8. The van der Waals surface area contributed by atoms with Crippen LogP contribution in [0.4, 0.5) is 0 Å². The molecule has 0 radical (unpaired) electrons. The van der Waals surface area contributed by atoms with E-state index >= 15 is 0 Å². The molecule has 3 heteroatoms. The molecule has 0 aromatic heterocycles. The highest BCUT2D eigenvalue weighted by Crippen LogP contribution is 2.67. The van der Waals surface area contributed by atoms with Crippen LogP contribution in [0.3, 0.4) is 0 Å². The van der Waals surface area contributed by atoms with Crippen LogP contribution >= 0.6 is 0 Å². The van der Waals surface area contributed by atoms with Crippen LogP contribution < -0.4 is 11.1 Å². The Morgan fingerprint density at radius 2 is 1.60 bits per heavy atom. The van der Waals surface area contributed by atoms with E-state index in [9.17, 15) is 4.79 Å². The number of allylic oxidation sites excluding steroid dienone is 2. The predicted octanol–water partition coefficient (Wildman–Crippen LogP) is 4.86. The first-order chi connectivity index (χ1) is 14.6. The minimum Gasteiger partial charge on any atom is -0.353 e. The van der Waals surface area contributed by atoms with E-state index in [0.717, 1.165) is 50.9 Å². The average Bonchev–Trinajstić information content (AvgIpc) is 3.57. The molecule has 1 amide bonds. The van der Waals surface area contributed by atoms with Gasteiger partial charge in [-0.2, -0.15) is 0 Å². The number of carbonyl (C=O) groups is 1. The Hall–Kier alpha value is -1.61. The van der Waals surface area contributed by atoms with Gasteiger partial charge in [-0.15, -0.1) is 0 Å². The number of benzene rings is 1. The summed E-state index contributed by atoms with van der Waals surface area (Å²) in [5.41, 5.74) is 9.34. The van der Waals surface area contributed by atoms with E-state index in [4.69, 9.17) is 5.73 Å². The zero-order chi connectivity index (χ0) is 20.3. The molecule has 3 nitrogen and oxygen atoms in total. The van der Waals surface area contributed by atoms with Gasteiger partial charge in [0, 0.05) is 12.1 Å². The summed E-state index contributed by atoms with van der Waals surface area (Å²) < 4.78 is 0. The molecule has 2 atom stereocenters. The van der Waals surface area contributed by atoms with Crippen LogP contribution in [-0.2, 0) is 10.2 Å². The van der Waals surface area contributed by atoms with E-state index in [1.165, 1.54) is 31.2 Å². The third-order valence-electron chi connectivity index (χ3n) is 9.19. The molecule has 0 heterocycles. The summed E-state index contributed by atoms with van der Waals surface area (Å²) >= 11 is 0. The predicted molar refractivity (Wildman–Crippen MR) is 120 cm³/mol. The first kappa shape index (κ1) is 19.1. The van der Waals surface area contributed by atoms with Gasteiger partial charge in [0.05, 0.1) is 5.41 Å². The SMILES string of the molecule is N[C@H]1CC[C@H](NC(=O)C23CC4CC(c5ccccc5)(CC(C2)C4=CC2CC2)C3)CC1. The zero-order valence-corrected chi connectivity index (χ0v) is 18.1. The molecule has 1 aromatic rings. The lowest BCUT2D eigenvalue weighted by atomic mass is 9.41. The Morgan fingerprint density at radius 1 is 0.933 bits per heavy atom.